The third kappa shape index (κ3) is 5.11. The van der Waals surface area contributed by atoms with E-state index in [2.05, 4.69) is 31.1 Å². The van der Waals surface area contributed by atoms with E-state index in [0.717, 1.165) is 5.56 Å². The number of benzene rings is 3. The van der Waals surface area contributed by atoms with E-state index in [-0.39, 0.29) is 22.3 Å². The van der Waals surface area contributed by atoms with E-state index in [4.69, 9.17) is 16.3 Å². The van der Waals surface area contributed by atoms with Gasteiger partial charge in [0.2, 0.25) is 12.0 Å². The zero-order valence-corrected chi connectivity index (χ0v) is 20.7. The Bertz CT molecular complexity index is 1570. The van der Waals surface area contributed by atoms with Crippen LogP contribution in [-0.4, -0.2) is 40.0 Å². The minimum atomic E-state index is -1.27. The summed E-state index contributed by atoms with van der Waals surface area (Å²) in [6.07, 6.45) is -2.23. The number of nitrogens with one attached hydrogen (secondary N) is 4. The first-order chi connectivity index (χ1) is 18.4. The van der Waals surface area contributed by atoms with Crippen molar-refractivity contribution in [1.29, 1.82) is 0 Å². The molecular formula is C27H21ClN6O4. The lowest BCUT2D eigenvalue weighted by Crippen LogP contribution is -2.43. The second kappa shape index (κ2) is 10.6. The van der Waals surface area contributed by atoms with Crippen molar-refractivity contribution in [3.05, 3.63) is 106 Å². The first-order valence-corrected chi connectivity index (χ1v) is 11.9. The van der Waals surface area contributed by atoms with Gasteiger partial charge in [0.25, 0.3) is 11.8 Å². The van der Waals surface area contributed by atoms with E-state index in [9.17, 15) is 14.4 Å². The summed E-state index contributed by atoms with van der Waals surface area (Å²) in [7, 11) is 0. The average Bonchev–Trinajstić information content (AvgIpc) is 3.18. The molecule has 4 aromatic rings. The largest absolute Gasteiger partial charge is 0.416 e. The van der Waals surface area contributed by atoms with Gasteiger partial charge in [0.15, 0.2) is 0 Å². The molecule has 10 nitrogen and oxygen atoms in total. The van der Waals surface area contributed by atoms with Crippen LogP contribution in [-0.2, 0) is 4.79 Å². The lowest BCUT2D eigenvalue weighted by Gasteiger charge is -2.13. The summed E-state index contributed by atoms with van der Waals surface area (Å²) in [6, 6.07) is 23.2. The Morgan fingerprint density at radius 1 is 0.974 bits per heavy atom. The van der Waals surface area contributed by atoms with Crippen LogP contribution in [0.3, 0.4) is 0 Å². The normalized spacial score (nSPS) is 14.4. The standard InChI is InChI=1S/C27H21ClN6O4/c1-15-22(31-24(35)17-11-5-7-13-19(17)28)33-34-26(15)38-27(37)32-23-25(36)29-20-14-8-6-12-18(20)21(30-23)16-9-3-2-4-10-16/h2-14,23H,1H3,(H,29,36)(H,32,37)(H2,31,33,34,35). The predicted octanol–water partition coefficient (Wildman–Crippen LogP) is 4.53. The van der Waals surface area contributed by atoms with Crippen LogP contribution in [0.25, 0.3) is 0 Å². The summed E-state index contributed by atoms with van der Waals surface area (Å²) in [5, 5.41) is 14.8. The maximum Gasteiger partial charge on any atom is 0.416 e. The zero-order valence-electron chi connectivity index (χ0n) is 20.0. The molecule has 5 rings (SSSR count). The Morgan fingerprint density at radius 3 is 2.47 bits per heavy atom. The summed E-state index contributed by atoms with van der Waals surface area (Å²) < 4.78 is 5.33. The lowest BCUT2D eigenvalue weighted by molar-refractivity contribution is -0.117. The number of carbonyl (C=O) groups is 3. The van der Waals surface area contributed by atoms with E-state index in [1.807, 2.05) is 42.5 Å². The molecule has 0 fully saturated rings. The molecule has 2 heterocycles. The quantitative estimate of drug-likeness (QED) is 0.301. The molecule has 1 atom stereocenters. The van der Waals surface area contributed by atoms with Crippen molar-refractivity contribution in [1.82, 2.24) is 15.5 Å². The van der Waals surface area contributed by atoms with Gasteiger partial charge in [-0.05, 0) is 25.1 Å². The number of nitrogens with zero attached hydrogens (tertiary/aromatic N) is 2. The molecular weight excluding hydrogens is 508 g/mol. The number of H-pyrrole nitrogens is 1. The first kappa shape index (κ1) is 24.7. The van der Waals surface area contributed by atoms with Gasteiger partial charge in [0.1, 0.15) is 5.82 Å². The smallest absolute Gasteiger partial charge is 0.389 e. The van der Waals surface area contributed by atoms with Crippen LogP contribution < -0.4 is 20.7 Å². The number of fused-ring (bicyclic) bond motifs is 1. The van der Waals surface area contributed by atoms with Gasteiger partial charge >= 0.3 is 6.09 Å². The van der Waals surface area contributed by atoms with E-state index in [1.165, 1.54) is 0 Å². The summed E-state index contributed by atoms with van der Waals surface area (Å²) in [6.45, 7) is 1.61. The Balaban J connectivity index is 1.33. The molecule has 1 unspecified atom stereocenters. The van der Waals surface area contributed by atoms with Gasteiger partial charge in [-0.1, -0.05) is 72.3 Å². The van der Waals surface area contributed by atoms with Crippen molar-refractivity contribution in [3.63, 3.8) is 0 Å². The fourth-order valence-electron chi connectivity index (χ4n) is 3.84. The van der Waals surface area contributed by atoms with Crippen LogP contribution in [0.5, 0.6) is 5.88 Å². The molecule has 38 heavy (non-hydrogen) atoms. The van der Waals surface area contributed by atoms with Gasteiger partial charge in [0, 0.05) is 11.1 Å². The van der Waals surface area contributed by atoms with Crippen molar-refractivity contribution in [2.45, 2.75) is 13.1 Å². The topological polar surface area (TPSA) is 138 Å². The van der Waals surface area contributed by atoms with Crippen molar-refractivity contribution >= 4 is 46.7 Å². The second-order valence-electron chi connectivity index (χ2n) is 8.28. The van der Waals surface area contributed by atoms with Crippen molar-refractivity contribution < 1.29 is 19.1 Å². The maximum absolute atomic E-state index is 12.9. The third-order valence-electron chi connectivity index (χ3n) is 5.76. The molecule has 190 valence electrons. The number of amides is 3. The van der Waals surface area contributed by atoms with E-state index >= 15 is 0 Å². The molecule has 11 heteroatoms. The monoisotopic (exact) mass is 528 g/mol. The molecule has 0 saturated heterocycles. The summed E-state index contributed by atoms with van der Waals surface area (Å²) in [5.41, 5.74) is 3.23. The fourth-order valence-corrected chi connectivity index (χ4v) is 4.06. The van der Waals surface area contributed by atoms with Crippen molar-refractivity contribution in [3.8, 4) is 5.88 Å². The minimum Gasteiger partial charge on any atom is -0.389 e. The highest BCUT2D eigenvalue weighted by Crippen LogP contribution is 2.25. The predicted molar refractivity (Wildman–Crippen MR) is 143 cm³/mol. The molecule has 1 aromatic heterocycles. The van der Waals surface area contributed by atoms with Crippen LogP contribution in [0.1, 0.15) is 27.0 Å². The van der Waals surface area contributed by atoms with Gasteiger partial charge in [0.05, 0.1) is 27.5 Å². The second-order valence-corrected chi connectivity index (χ2v) is 8.68. The average molecular weight is 529 g/mol. The van der Waals surface area contributed by atoms with Gasteiger partial charge in [-0.3, -0.25) is 20.0 Å². The Kier molecular flexibility index (Phi) is 6.88. The van der Waals surface area contributed by atoms with Crippen molar-refractivity contribution in [2.24, 2.45) is 4.99 Å². The molecule has 3 amide bonds. The number of halogens is 1. The summed E-state index contributed by atoms with van der Waals surface area (Å²) in [5.74, 6) is -0.853. The van der Waals surface area contributed by atoms with Crippen LogP contribution >= 0.6 is 11.6 Å². The summed E-state index contributed by atoms with van der Waals surface area (Å²) >= 11 is 6.09. The van der Waals surface area contributed by atoms with E-state index < -0.39 is 24.1 Å². The number of benzodiazepines with no additional fused rings is 1. The van der Waals surface area contributed by atoms with Crippen LogP contribution in [0.4, 0.5) is 16.3 Å². The number of carbonyl (C=O) groups excluding carboxylic acids is 3. The molecule has 0 saturated carbocycles. The Labute approximate surface area is 222 Å². The van der Waals surface area contributed by atoms with Crippen LogP contribution in [0, 0.1) is 6.92 Å². The van der Waals surface area contributed by atoms with E-state index in [0.29, 0.717) is 22.5 Å². The highest BCUT2D eigenvalue weighted by molar-refractivity contribution is 6.34. The number of hydrogen-bond donors (Lipinski definition) is 4. The number of rotatable bonds is 5. The SMILES string of the molecule is Cc1c(OC(=O)NC2N=C(c3ccccc3)c3ccccc3NC2=O)n[nH]c1NC(=O)c1ccccc1Cl. The molecule has 1 aliphatic heterocycles. The molecule has 3 aromatic carbocycles. The van der Waals surface area contributed by atoms with Gasteiger partial charge < -0.3 is 15.4 Å². The maximum atomic E-state index is 12.9. The number of para-hydroxylation sites is 1. The minimum absolute atomic E-state index is 0.0819. The number of aromatic amines is 1. The van der Waals surface area contributed by atoms with Crippen molar-refractivity contribution in [2.75, 3.05) is 10.6 Å². The van der Waals surface area contributed by atoms with Gasteiger partial charge in [-0.25, -0.2) is 9.79 Å². The lowest BCUT2D eigenvalue weighted by atomic mass is 10.0. The molecule has 4 N–H and O–H groups in total. The molecule has 0 bridgehead atoms. The molecule has 0 radical (unpaired) electrons. The molecule has 0 spiro atoms. The Morgan fingerprint density at radius 2 is 1.68 bits per heavy atom. The highest BCUT2D eigenvalue weighted by atomic mass is 35.5. The number of hydrogen-bond acceptors (Lipinski definition) is 6. The zero-order chi connectivity index (χ0) is 26.6. The summed E-state index contributed by atoms with van der Waals surface area (Å²) in [4.78, 5) is 42.8. The Hall–Kier alpha value is -4.96. The number of aromatic nitrogens is 2. The van der Waals surface area contributed by atoms with E-state index in [1.54, 1.807) is 43.3 Å². The number of aliphatic imine (C=N–C) groups is 1. The molecule has 1 aliphatic rings. The number of anilines is 2. The van der Waals surface area contributed by atoms with Crippen LogP contribution in [0.2, 0.25) is 5.02 Å². The first-order valence-electron chi connectivity index (χ1n) is 11.5. The third-order valence-corrected chi connectivity index (χ3v) is 6.09. The number of ether oxygens (including phenoxy) is 1. The van der Waals surface area contributed by atoms with Gasteiger partial charge in [-0.2, -0.15) is 0 Å². The highest BCUT2D eigenvalue weighted by Gasteiger charge is 2.28. The van der Waals surface area contributed by atoms with Crippen LogP contribution in [0.15, 0.2) is 83.9 Å². The molecule has 0 aliphatic carbocycles. The fraction of sp³-hybridized carbons (Fsp3) is 0.0741. The van der Waals surface area contributed by atoms with Gasteiger partial charge in [-0.15, -0.1) is 5.10 Å².